The first-order chi connectivity index (χ1) is 14.0. The van der Waals surface area contributed by atoms with Crippen molar-refractivity contribution in [1.29, 1.82) is 0 Å². The van der Waals surface area contributed by atoms with E-state index in [1.165, 1.54) is 13.8 Å². The molecule has 0 saturated heterocycles. The van der Waals surface area contributed by atoms with Gasteiger partial charge in [-0.3, -0.25) is 29.8 Å². The highest BCUT2D eigenvalue weighted by Crippen LogP contribution is 2.35. The number of thiophene rings is 1. The van der Waals surface area contributed by atoms with E-state index >= 15 is 0 Å². The van der Waals surface area contributed by atoms with Crippen molar-refractivity contribution in [2.75, 3.05) is 11.9 Å². The van der Waals surface area contributed by atoms with Gasteiger partial charge in [0.05, 0.1) is 32.5 Å². The van der Waals surface area contributed by atoms with Crippen molar-refractivity contribution < 1.29 is 29.0 Å². The number of anilines is 1. The molecule has 2 amide bonds. The molecule has 0 fully saturated rings. The Morgan fingerprint density at radius 1 is 1.10 bits per heavy atom. The number of amides is 2. The largest absolute Gasteiger partial charge is 0.462 e. The van der Waals surface area contributed by atoms with Crippen molar-refractivity contribution in [3.8, 4) is 0 Å². The summed E-state index contributed by atoms with van der Waals surface area (Å²) in [6.07, 6.45) is 0. The molecule has 2 rings (SSSR count). The highest BCUT2D eigenvalue weighted by atomic mass is 32.1. The number of hydrogen-bond acceptors (Lipinski definition) is 9. The Balaban J connectivity index is 2.56. The molecule has 0 spiro atoms. The highest BCUT2D eigenvalue weighted by Gasteiger charge is 2.28. The molecule has 3 N–H and O–H groups in total. The number of hydrogen-bond donors (Lipinski definition) is 2. The van der Waals surface area contributed by atoms with Crippen molar-refractivity contribution in [2.24, 2.45) is 5.73 Å². The molecule has 1 aromatic carbocycles. The quantitative estimate of drug-likeness (QED) is 0.377. The summed E-state index contributed by atoms with van der Waals surface area (Å²) in [5.74, 6) is -2.59. The molecule has 1 heterocycles. The minimum atomic E-state index is -0.955. The van der Waals surface area contributed by atoms with Crippen LogP contribution in [0.25, 0.3) is 0 Å². The van der Waals surface area contributed by atoms with Crippen LogP contribution in [0.2, 0.25) is 0 Å². The van der Waals surface area contributed by atoms with Gasteiger partial charge >= 0.3 is 5.97 Å². The van der Waals surface area contributed by atoms with Crippen LogP contribution in [0.15, 0.2) is 12.1 Å². The number of benzene rings is 1. The molecular weight excluding hydrogens is 420 g/mol. The van der Waals surface area contributed by atoms with Gasteiger partial charge in [0.1, 0.15) is 10.6 Å². The number of carbonyl (C=O) groups is 3. The molecule has 0 aliphatic heterocycles. The van der Waals surface area contributed by atoms with Crippen LogP contribution in [0.1, 0.15) is 48.4 Å². The first kappa shape index (κ1) is 22.4. The van der Waals surface area contributed by atoms with Gasteiger partial charge in [-0.05, 0) is 26.3 Å². The standard InChI is InChI=1S/C17H16N4O8S/c1-4-29-17(24)12-8(3)13(14(18)22)30-16(12)19-15(23)9-5-10(20(25)26)7(2)11(6-9)21(27)28/h5-6H,4H2,1-3H3,(H2,18,22)(H,19,23). The Morgan fingerprint density at radius 2 is 1.63 bits per heavy atom. The number of nitro benzene ring substituents is 2. The molecular formula is C17H16N4O8S. The first-order valence-corrected chi connectivity index (χ1v) is 9.16. The summed E-state index contributed by atoms with van der Waals surface area (Å²) in [7, 11) is 0. The van der Waals surface area contributed by atoms with E-state index in [1.54, 1.807) is 6.92 Å². The summed E-state index contributed by atoms with van der Waals surface area (Å²) in [5, 5.41) is 24.7. The van der Waals surface area contributed by atoms with Crippen molar-refractivity contribution in [3.63, 3.8) is 0 Å². The van der Waals surface area contributed by atoms with Crippen molar-refractivity contribution in [3.05, 3.63) is 59.5 Å². The number of primary amides is 1. The van der Waals surface area contributed by atoms with Gasteiger partial charge in [0.15, 0.2) is 0 Å². The van der Waals surface area contributed by atoms with Gasteiger partial charge in [-0.1, -0.05) is 0 Å². The predicted molar refractivity (Wildman–Crippen MR) is 106 cm³/mol. The van der Waals surface area contributed by atoms with Crippen LogP contribution in [0, 0.1) is 34.1 Å². The fourth-order valence-corrected chi connectivity index (χ4v) is 3.70. The second-order valence-corrected chi connectivity index (χ2v) is 6.97. The van der Waals surface area contributed by atoms with Crippen molar-refractivity contribution in [1.82, 2.24) is 0 Å². The van der Waals surface area contributed by atoms with E-state index in [0.29, 0.717) is 0 Å². The SMILES string of the molecule is CCOC(=O)c1c(NC(=O)c2cc([N+](=O)[O-])c(C)c([N+](=O)[O-])c2)sc(C(N)=O)c1C. The lowest BCUT2D eigenvalue weighted by atomic mass is 10.1. The maximum absolute atomic E-state index is 12.7. The van der Waals surface area contributed by atoms with Crippen molar-refractivity contribution in [2.45, 2.75) is 20.8 Å². The number of nitrogens with two attached hydrogens (primary N) is 1. The van der Waals surface area contributed by atoms with Crippen LogP contribution in [-0.4, -0.2) is 34.2 Å². The molecule has 0 unspecified atom stereocenters. The summed E-state index contributed by atoms with van der Waals surface area (Å²) in [4.78, 5) is 57.3. The lowest BCUT2D eigenvalue weighted by Gasteiger charge is -2.08. The molecule has 0 radical (unpaired) electrons. The van der Waals surface area contributed by atoms with Crippen LogP contribution in [-0.2, 0) is 4.74 Å². The Bertz CT molecular complexity index is 1060. The zero-order valence-electron chi connectivity index (χ0n) is 16.0. The van der Waals surface area contributed by atoms with Gasteiger partial charge in [0.2, 0.25) is 0 Å². The third-order valence-corrected chi connectivity index (χ3v) is 5.31. The Hall–Kier alpha value is -3.87. The number of carbonyl (C=O) groups excluding carboxylic acids is 3. The van der Waals surface area contributed by atoms with Crippen LogP contribution < -0.4 is 11.1 Å². The van der Waals surface area contributed by atoms with Crippen LogP contribution >= 0.6 is 11.3 Å². The van der Waals surface area contributed by atoms with Gasteiger partial charge in [0.25, 0.3) is 23.2 Å². The summed E-state index contributed by atoms with van der Waals surface area (Å²) in [6.45, 7) is 4.24. The Kier molecular flexibility index (Phi) is 6.46. The maximum atomic E-state index is 12.7. The Labute approximate surface area is 172 Å². The summed E-state index contributed by atoms with van der Waals surface area (Å²) >= 11 is 0.720. The minimum Gasteiger partial charge on any atom is -0.462 e. The van der Waals surface area contributed by atoms with E-state index in [9.17, 15) is 34.6 Å². The number of nitrogens with one attached hydrogen (secondary N) is 1. The maximum Gasteiger partial charge on any atom is 0.341 e. The zero-order valence-corrected chi connectivity index (χ0v) is 16.8. The van der Waals surface area contributed by atoms with Crippen LogP contribution in [0.4, 0.5) is 16.4 Å². The highest BCUT2D eigenvalue weighted by molar-refractivity contribution is 7.18. The number of esters is 1. The smallest absolute Gasteiger partial charge is 0.341 e. The number of nitro groups is 2. The van der Waals surface area contributed by atoms with E-state index in [2.05, 4.69) is 5.32 Å². The molecule has 12 nitrogen and oxygen atoms in total. The average molecular weight is 436 g/mol. The van der Waals surface area contributed by atoms with E-state index in [1.807, 2.05) is 0 Å². The number of rotatable bonds is 7. The second-order valence-electron chi connectivity index (χ2n) is 5.95. The van der Waals surface area contributed by atoms with E-state index < -0.39 is 39.0 Å². The first-order valence-electron chi connectivity index (χ1n) is 8.34. The molecule has 158 valence electrons. The molecule has 0 bridgehead atoms. The Morgan fingerprint density at radius 3 is 2.07 bits per heavy atom. The molecule has 0 saturated carbocycles. The zero-order chi connectivity index (χ0) is 22.7. The molecule has 0 aliphatic rings. The molecule has 2 aromatic rings. The van der Waals surface area contributed by atoms with Gasteiger partial charge in [-0.2, -0.15) is 0 Å². The van der Waals surface area contributed by atoms with Gasteiger partial charge in [-0.15, -0.1) is 11.3 Å². The molecule has 0 atom stereocenters. The monoisotopic (exact) mass is 436 g/mol. The van der Waals surface area contributed by atoms with Crippen LogP contribution in [0.3, 0.4) is 0 Å². The molecule has 13 heteroatoms. The summed E-state index contributed by atoms with van der Waals surface area (Å²) < 4.78 is 4.93. The third kappa shape index (κ3) is 4.25. The van der Waals surface area contributed by atoms with Gasteiger partial charge in [-0.25, -0.2) is 4.79 Å². The summed E-state index contributed by atoms with van der Waals surface area (Å²) in [5.41, 5.74) is 3.58. The van der Waals surface area contributed by atoms with E-state index in [4.69, 9.17) is 10.5 Å². The number of ether oxygens (including phenoxy) is 1. The van der Waals surface area contributed by atoms with Crippen LogP contribution in [0.5, 0.6) is 0 Å². The van der Waals surface area contributed by atoms with Gasteiger partial charge < -0.3 is 15.8 Å². The molecule has 1 aromatic heterocycles. The van der Waals surface area contributed by atoms with Crippen molar-refractivity contribution >= 4 is 45.5 Å². The average Bonchev–Trinajstić information content (AvgIpc) is 2.97. The normalized spacial score (nSPS) is 10.4. The lowest BCUT2D eigenvalue weighted by Crippen LogP contribution is -2.16. The molecule has 30 heavy (non-hydrogen) atoms. The minimum absolute atomic E-state index is 0.00854. The summed E-state index contributed by atoms with van der Waals surface area (Å²) in [6, 6.07) is 1.77. The van der Waals surface area contributed by atoms with E-state index in [0.717, 1.165) is 23.5 Å². The fraction of sp³-hybridized carbons (Fsp3) is 0.235. The third-order valence-electron chi connectivity index (χ3n) is 4.09. The fourth-order valence-electron chi connectivity index (χ4n) is 2.66. The van der Waals surface area contributed by atoms with E-state index in [-0.39, 0.29) is 38.7 Å². The van der Waals surface area contributed by atoms with Gasteiger partial charge in [0, 0.05) is 12.1 Å². The molecule has 0 aliphatic carbocycles. The lowest BCUT2D eigenvalue weighted by molar-refractivity contribution is -0.395. The number of nitrogens with zero attached hydrogens (tertiary/aromatic N) is 2. The predicted octanol–water partition coefficient (Wildman–Crippen LogP) is 2.71. The second kappa shape index (κ2) is 8.65. The topological polar surface area (TPSA) is 185 Å².